The van der Waals surface area contributed by atoms with Crippen LogP contribution in [0.1, 0.15) is 0 Å². The van der Waals surface area contributed by atoms with Gasteiger partial charge in [0.1, 0.15) is 11.0 Å². The van der Waals surface area contributed by atoms with Crippen LogP contribution in [0.25, 0.3) is 32.4 Å². The van der Waals surface area contributed by atoms with Crippen LogP contribution in [0.3, 0.4) is 0 Å². The van der Waals surface area contributed by atoms with Gasteiger partial charge in [0.25, 0.3) is 0 Å². The Hall–Kier alpha value is -2.04. The van der Waals surface area contributed by atoms with Gasteiger partial charge in [-0.05, 0) is 18.2 Å². The van der Waals surface area contributed by atoms with Gasteiger partial charge >= 0.3 is 0 Å². The van der Waals surface area contributed by atoms with E-state index < -0.39 is 5.82 Å². The molecule has 0 bridgehead atoms. The molecule has 5 heteroatoms. The number of aromatic nitrogens is 2. The third-order valence-corrected chi connectivity index (χ3v) is 4.59. The lowest BCUT2D eigenvalue weighted by Crippen LogP contribution is -1.93. The van der Waals surface area contributed by atoms with Crippen molar-refractivity contribution in [2.75, 3.05) is 0 Å². The van der Waals surface area contributed by atoms with Crippen LogP contribution in [0.15, 0.2) is 47.8 Å². The Balaban J connectivity index is 2.03. The summed E-state index contributed by atoms with van der Waals surface area (Å²) >= 11 is 7.77. The molecule has 0 aliphatic heterocycles. The summed E-state index contributed by atoms with van der Waals surface area (Å²) in [6, 6.07) is 12.8. The Labute approximate surface area is 128 Å². The summed E-state index contributed by atoms with van der Waals surface area (Å²) in [5.74, 6) is 0.120. The van der Waals surface area contributed by atoms with E-state index in [9.17, 15) is 4.39 Å². The smallest absolute Gasteiger partial charge is 0.162 e. The van der Waals surface area contributed by atoms with Gasteiger partial charge in [-0.3, -0.25) is 0 Å². The first-order chi connectivity index (χ1) is 10.2. The van der Waals surface area contributed by atoms with Crippen molar-refractivity contribution in [3.05, 3.63) is 58.8 Å². The van der Waals surface area contributed by atoms with Gasteiger partial charge < -0.3 is 0 Å². The highest BCUT2D eigenvalue weighted by Gasteiger charge is 2.14. The van der Waals surface area contributed by atoms with Crippen LogP contribution in [0.5, 0.6) is 0 Å². The first kappa shape index (κ1) is 12.7. The topological polar surface area (TPSA) is 25.8 Å². The highest BCUT2D eigenvalue weighted by atomic mass is 35.5. The van der Waals surface area contributed by atoms with Gasteiger partial charge in [-0.2, -0.15) is 0 Å². The number of nitrogens with zero attached hydrogens (tertiary/aromatic N) is 2. The van der Waals surface area contributed by atoms with Crippen LogP contribution in [0, 0.1) is 5.82 Å². The second-order valence-corrected chi connectivity index (χ2v) is 5.89. The standard InChI is InChI=1S/C16H8ClFN2S/c17-15-14-11(18)5-3-6-12(14)19-16(20-15)10-8-21-13-7-2-1-4-9(10)13/h1-8H. The molecule has 0 N–H and O–H groups in total. The van der Waals surface area contributed by atoms with Gasteiger partial charge in [-0.1, -0.05) is 35.9 Å². The van der Waals surface area contributed by atoms with Crippen LogP contribution in [-0.2, 0) is 0 Å². The lowest BCUT2D eigenvalue weighted by molar-refractivity contribution is 0.639. The van der Waals surface area contributed by atoms with Gasteiger partial charge in [-0.25, -0.2) is 14.4 Å². The molecule has 0 fully saturated rings. The molecule has 0 aliphatic rings. The van der Waals surface area contributed by atoms with Crippen LogP contribution < -0.4 is 0 Å². The lowest BCUT2D eigenvalue weighted by atomic mass is 10.1. The zero-order valence-corrected chi connectivity index (χ0v) is 12.2. The third kappa shape index (κ3) is 1.99. The monoisotopic (exact) mass is 314 g/mol. The summed E-state index contributed by atoms with van der Waals surface area (Å²) in [4.78, 5) is 8.74. The lowest BCUT2D eigenvalue weighted by Gasteiger charge is -2.04. The fourth-order valence-electron chi connectivity index (χ4n) is 2.37. The molecule has 0 radical (unpaired) electrons. The SMILES string of the molecule is Fc1cccc2nc(-c3csc4ccccc34)nc(Cl)c12. The number of hydrogen-bond acceptors (Lipinski definition) is 3. The zero-order valence-electron chi connectivity index (χ0n) is 10.7. The number of rotatable bonds is 1. The third-order valence-electron chi connectivity index (χ3n) is 3.35. The summed E-state index contributed by atoms with van der Waals surface area (Å²) in [7, 11) is 0. The van der Waals surface area contributed by atoms with E-state index in [2.05, 4.69) is 9.97 Å². The molecule has 0 atom stereocenters. The maximum atomic E-state index is 13.8. The Morgan fingerprint density at radius 1 is 1.00 bits per heavy atom. The van der Waals surface area contributed by atoms with Crippen molar-refractivity contribution in [2.24, 2.45) is 0 Å². The molecule has 2 aromatic heterocycles. The molecule has 0 spiro atoms. The van der Waals surface area contributed by atoms with Crippen molar-refractivity contribution in [1.29, 1.82) is 0 Å². The van der Waals surface area contributed by atoms with E-state index in [0.29, 0.717) is 11.3 Å². The fourth-order valence-corrected chi connectivity index (χ4v) is 3.58. The number of hydrogen-bond donors (Lipinski definition) is 0. The molecule has 2 heterocycles. The summed E-state index contributed by atoms with van der Waals surface area (Å²) in [6.07, 6.45) is 0. The van der Waals surface area contributed by atoms with Crippen molar-refractivity contribution in [2.45, 2.75) is 0 Å². The Morgan fingerprint density at radius 2 is 1.86 bits per heavy atom. The van der Waals surface area contributed by atoms with Crippen LogP contribution in [0.4, 0.5) is 4.39 Å². The van der Waals surface area contributed by atoms with Crippen LogP contribution in [-0.4, -0.2) is 9.97 Å². The minimum atomic E-state index is -0.403. The molecule has 102 valence electrons. The van der Waals surface area contributed by atoms with E-state index >= 15 is 0 Å². The molecule has 0 amide bonds. The quantitative estimate of drug-likeness (QED) is 0.445. The molecule has 2 nitrogen and oxygen atoms in total. The van der Waals surface area contributed by atoms with Crippen molar-refractivity contribution in [3.63, 3.8) is 0 Å². The largest absolute Gasteiger partial charge is 0.228 e. The molecule has 2 aromatic carbocycles. The molecular formula is C16H8ClFN2S. The minimum Gasteiger partial charge on any atom is -0.228 e. The van der Waals surface area contributed by atoms with E-state index in [1.54, 1.807) is 23.5 Å². The number of thiophene rings is 1. The van der Waals surface area contributed by atoms with E-state index in [4.69, 9.17) is 11.6 Å². The van der Waals surface area contributed by atoms with E-state index in [-0.39, 0.29) is 10.5 Å². The number of benzene rings is 2. The highest BCUT2D eigenvalue weighted by Crippen LogP contribution is 2.34. The minimum absolute atomic E-state index is 0.142. The predicted molar refractivity (Wildman–Crippen MR) is 85.3 cm³/mol. The van der Waals surface area contributed by atoms with Crippen molar-refractivity contribution < 1.29 is 4.39 Å². The van der Waals surface area contributed by atoms with Gasteiger partial charge in [-0.15, -0.1) is 11.3 Å². The molecule has 0 unspecified atom stereocenters. The molecule has 21 heavy (non-hydrogen) atoms. The Morgan fingerprint density at radius 3 is 2.76 bits per heavy atom. The van der Waals surface area contributed by atoms with Crippen LogP contribution in [0.2, 0.25) is 5.15 Å². The number of fused-ring (bicyclic) bond motifs is 2. The summed E-state index contributed by atoms with van der Waals surface area (Å²) in [5.41, 5.74) is 1.43. The summed E-state index contributed by atoms with van der Waals surface area (Å²) in [5, 5.41) is 3.49. The second kappa shape index (κ2) is 4.76. The average molecular weight is 315 g/mol. The molecule has 0 aliphatic carbocycles. The van der Waals surface area contributed by atoms with E-state index in [0.717, 1.165) is 15.6 Å². The Bertz CT molecular complexity index is 981. The fraction of sp³-hybridized carbons (Fsp3) is 0. The molecule has 0 saturated carbocycles. The van der Waals surface area contributed by atoms with E-state index in [1.807, 2.05) is 29.6 Å². The molecular weight excluding hydrogens is 307 g/mol. The number of halogens is 2. The van der Waals surface area contributed by atoms with Crippen molar-refractivity contribution in [1.82, 2.24) is 9.97 Å². The van der Waals surface area contributed by atoms with E-state index in [1.165, 1.54) is 6.07 Å². The zero-order chi connectivity index (χ0) is 14.4. The molecule has 4 rings (SSSR count). The maximum Gasteiger partial charge on any atom is 0.162 e. The van der Waals surface area contributed by atoms with Crippen molar-refractivity contribution in [3.8, 4) is 11.4 Å². The van der Waals surface area contributed by atoms with Crippen molar-refractivity contribution >= 4 is 43.9 Å². The molecule has 4 aromatic rings. The van der Waals surface area contributed by atoms with Gasteiger partial charge in [0, 0.05) is 21.0 Å². The normalized spacial score (nSPS) is 11.3. The summed E-state index contributed by atoms with van der Waals surface area (Å²) in [6.45, 7) is 0. The summed E-state index contributed by atoms with van der Waals surface area (Å²) < 4.78 is 15.0. The maximum absolute atomic E-state index is 13.8. The molecule has 0 saturated heterocycles. The van der Waals surface area contributed by atoms with Gasteiger partial charge in [0.15, 0.2) is 5.82 Å². The first-order valence-corrected chi connectivity index (χ1v) is 7.58. The van der Waals surface area contributed by atoms with Gasteiger partial charge in [0.05, 0.1) is 10.9 Å². The first-order valence-electron chi connectivity index (χ1n) is 6.32. The van der Waals surface area contributed by atoms with Crippen LogP contribution >= 0.6 is 22.9 Å². The average Bonchev–Trinajstić information content (AvgIpc) is 2.91. The highest BCUT2D eigenvalue weighted by molar-refractivity contribution is 7.17. The Kier molecular flexibility index (Phi) is 2.87. The predicted octanol–water partition coefficient (Wildman–Crippen LogP) is 5.30. The van der Waals surface area contributed by atoms with Gasteiger partial charge in [0.2, 0.25) is 0 Å². The second-order valence-electron chi connectivity index (χ2n) is 4.62.